The molecule has 0 unspecified atom stereocenters. The van der Waals surface area contributed by atoms with Gasteiger partial charge in [0.2, 0.25) is 0 Å². The van der Waals surface area contributed by atoms with Crippen molar-refractivity contribution in [1.82, 2.24) is 25.6 Å². The number of hydrogen-bond donors (Lipinski definition) is 2. The zero-order chi connectivity index (χ0) is 18.7. The third-order valence-corrected chi connectivity index (χ3v) is 5.11. The van der Waals surface area contributed by atoms with Crippen molar-refractivity contribution in [2.75, 3.05) is 19.6 Å². The summed E-state index contributed by atoms with van der Waals surface area (Å²) in [4.78, 5) is 12.6. The molecular weight excluding hydrogens is 333 g/mol. The Bertz CT molecular complexity index is 763. The van der Waals surface area contributed by atoms with Gasteiger partial charge in [0.15, 0.2) is 5.69 Å². The zero-order valence-electron chi connectivity index (χ0n) is 15.6. The predicted molar refractivity (Wildman–Crippen MR) is 97.7 cm³/mol. The number of halogens is 1. The molecule has 2 aromatic rings. The van der Waals surface area contributed by atoms with Gasteiger partial charge in [-0.3, -0.25) is 4.79 Å². The molecule has 140 valence electrons. The van der Waals surface area contributed by atoms with Crippen LogP contribution in [0.5, 0.6) is 0 Å². The van der Waals surface area contributed by atoms with Gasteiger partial charge in [0.1, 0.15) is 5.82 Å². The van der Waals surface area contributed by atoms with Gasteiger partial charge >= 0.3 is 0 Å². The maximum Gasteiger partial charge on any atom is 0.273 e. The number of carbonyl (C=O) groups excluding carboxylic acids is 1. The molecule has 0 radical (unpaired) electrons. The van der Waals surface area contributed by atoms with E-state index >= 15 is 0 Å². The summed E-state index contributed by atoms with van der Waals surface area (Å²) in [5, 5.41) is 14.6. The van der Waals surface area contributed by atoms with Crippen molar-refractivity contribution < 1.29 is 9.18 Å². The molecule has 1 amide bonds. The van der Waals surface area contributed by atoms with Crippen LogP contribution >= 0.6 is 0 Å². The summed E-state index contributed by atoms with van der Waals surface area (Å²) in [6, 6.07) is 6.67. The Morgan fingerprint density at radius 1 is 1.31 bits per heavy atom. The van der Waals surface area contributed by atoms with E-state index < -0.39 is 0 Å². The molecule has 0 spiro atoms. The van der Waals surface area contributed by atoms with Crippen molar-refractivity contribution in [2.45, 2.75) is 45.1 Å². The molecule has 7 heteroatoms. The van der Waals surface area contributed by atoms with Gasteiger partial charge in [-0.05, 0) is 50.6 Å². The van der Waals surface area contributed by atoms with Gasteiger partial charge in [-0.2, -0.15) is 0 Å². The molecule has 1 fully saturated rings. The summed E-state index contributed by atoms with van der Waals surface area (Å²) < 4.78 is 15.0. The lowest BCUT2D eigenvalue weighted by Crippen LogP contribution is -2.37. The van der Waals surface area contributed by atoms with Crippen LogP contribution in [-0.4, -0.2) is 40.5 Å². The SMILES string of the molecule is Cc1c(C(=O)NCC(C)(C)c2ccc(F)cc2)nnn1C1CCNCC1. The number of hydrogen-bond acceptors (Lipinski definition) is 4. The van der Waals surface area contributed by atoms with Crippen LogP contribution in [-0.2, 0) is 5.41 Å². The van der Waals surface area contributed by atoms with E-state index in [9.17, 15) is 9.18 Å². The lowest BCUT2D eigenvalue weighted by molar-refractivity contribution is 0.0940. The molecule has 0 bridgehead atoms. The number of nitrogens with zero attached hydrogens (tertiary/aromatic N) is 3. The highest BCUT2D eigenvalue weighted by Crippen LogP contribution is 2.23. The van der Waals surface area contributed by atoms with E-state index in [-0.39, 0.29) is 17.1 Å². The maximum absolute atomic E-state index is 13.1. The first kappa shape index (κ1) is 18.5. The molecule has 0 atom stereocenters. The van der Waals surface area contributed by atoms with Gasteiger partial charge in [-0.1, -0.05) is 31.2 Å². The average Bonchev–Trinajstić information content (AvgIpc) is 3.02. The minimum atomic E-state index is -0.317. The van der Waals surface area contributed by atoms with Gasteiger partial charge in [0, 0.05) is 12.0 Å². The summed E-state index contributed by atoms with van der Waals surface area (Å²) in [5.74, 6) is -0.489. The first-order chi connectivity index (χ1) is 12.4. The topological polar surface area (TPSA) is 71.8 Å². The molecule has 1 aromatic carbocycles. The number of benzene rings is 1. The molecule has 1 aromatic heterocycles. The monoisotopic (exact) mass is 359 g/mol. The molecule has 2 heterocycles. The second-order valence-electron chi connectivity index (χ2n) is 7.52. The lowest BCUT2D eigenvalue weighted by Gasteiger charge is -2.25. The summed E-state index contributed by atoms with van der Waals surface area (Å²) in [6.07, 6.45) is 1.98. The Kier molecular flexibility index (Phi) is 5.36. The van der Waals surface area contributed by atoms with Gasteiger partial charge in [0.05, 0.1) is 11.7 Å². The first-order valence-electron chi connectivity index (χ1n) is 9.05. The van der Waals surface area contributed by atoms with E-state index in [2.05, 4.69) is 20.9 Å². The van der Waals surface area contributed by atoms with E-state index in [1.54, 1.807) is 12.1 Å². The van der Waals surface area contributed by atoms with Gasteiger partial charge in [-0.15, -0.1) is 5.10 Å². The molecular formula is C19H26FN5O. The quantitative estimate of drug-likeness (QED) is 0.860. The number of aromatic nitrogens is 3. The van der Waals surface area contributed by atoms with Crippen LogP contribution in [0.1, 0.15) is 54.5 Å². The van der Waals surface area contributed by atoms with E-state index in [1.165, 1.54) is 12.1 Å². The van der Waals surface area contributed by atoms with Crippen LogP contribution in [0, 0.1) is 12.7 Å². The number of nitrogens with one attached hydrogen (secondary N) is 2. The molecule has 1 saturated heterocycles. The molecule has 26 heavy (non-hydrogen) atoms. The van der Waals surface area contributed by atoms with Crippen molar-refractivity contribution in [2.24, 2.45) is 0 Å². The summed E-state index contributed by atoms with van der Waals surface area (Å²) >= 11 is 0. The van der Waals surface area contributed by atoms with Crippen LogP contribution in [0.15, 0.2) is 24.3 Å². The van der Waals surface area contributed by atoms with Gasteiger partial charge < -0.3 is 10.6 Å². The molecule has 1 aliphatic rings. The Balaban J connectivity index is 1.66. The maximum atomic E-state index is 13.1. The highest BCUT2D eigenvalue weighted by Gasteiger charge is 2.25. The lowest BCUT2D eigenvalue weighted by atomic mass is 9.84. The largest absolute Gasteiger partial charge is 0.350 e. The molecule has 0 aliphatic carbocycles. The second-order valence-corrected chi connectivity index (χ2v) is 7.52. The zero-order valence-corrected chi connectivity index (χ0v) is 15.6. The molecule has 3 rings (SSSR count). The Morgan fingerprint density at radius 3 is 2.62 bits per heavy atom. The fraction of sp³-hybridized carbons (Fsp3) is 0.526. The van der Waals surface area contributed by atoms with Gasteiger partial charge in [-0.25, -0.2) is 9.07 Å². The third kappa shape index (κ3) is 3.93. The Morgan fingerprint density at radius 2 is 1.96 bits per heavy atom. The van der Waals surface area contributed by atoms with Crippen molar-refractivity contribution in [3.63, 3.8) is 0 Å². The van der Waals surface area contributed by atoms with Gasteiger partial charge in [0.25, 0.3) is 5.91 Å². The van der Waals surface area contributed by atoms with Crippen molar-refractivity contribution in [1.29, 1.82) is 0 Å². The molecule has 6 nitrogen and oxygen atoms in total. The second kappa shape index (κ2) is 7.53. The fourth-order valence-electron chi connectivity index (χ4n) is 3.34. The predicted octanol–water partition coefficient (Wildman–Crippen LogP) is 2.36. The van der Waals surface area contributed by atoms with Crippen LogP contribution < -0.4 is 10.6 Å². The summed E-state index contributed by atoms with van der Waals surface area (Å²) in [6.45, 7) is 8.26. The molecule has 0 saturated carbocycles. The number of carbonyl (C=O) groups is 1. The highest BCUT2D eigenvalue weighted by molar-refractivity contribution is 5.93. The van der Waals surface area contributed by atoms with Crippen molar-refractivity contribution in [3.05, 3.63) is 47.0 Å². The number of piperidine rings is 1. The van der Waals surface area contributed by atoms with E-state index in [0.717, 1.165) is 37.2 Å². The van der Waals surface area contributed by atoms with Crippen LogP contribution in [0.2, 0.25) is 0 Å². The Hall–Kier alpha value is -2.28. The Labute approximate surface area is 153 Å². The first-order valence-corrected chi connectivity index (χ1v) is 9.05. The van der Waals surface area contributed by atoms with Crippen LogP contribution in [0.3, 0.4) is 0 Å². The average molecular weight is 359 g/mol. The van der Waals surface area contributed by atoms with Crippen LogP contribution in [0.4, 0.5) is 4.39 Å². The minimum Gasteiger partial charge on any atom is -0.350 e. The molecule has 1 aliphatic heterocycles. The fourth-order valence-corrected chi connectivity index (χ4v) is 3.34. The number of amides is 1. The normalized spacial score (nSPS) is 15.8. The summed E-state index contributed by atoms with van der Waals surface area (Å²) in [5.41, 5.74) is 1.82. The highest BCUT2D eigenvalue weighted by atomic mass is 19.1. The third-order valence-electron chi connectivity index (χ3n) is 5.11. The number of rotatable bonds is 5. The van der Waals surface area contributed by atoms with Crippen molar-refractivity contribution in [3.8, 4) is 0 Å². The van der Waals surface area contributed by atoms with E-state index in [4.69, 9.17) is 0 Å². The standard InChI is InChI=1S/C19H26FN5O/c1-13-17(23-24-25(13)16-8-10-21-11-9-16)18(26)22-12-19(2,3)14-4-6-15(20)7-5-14/h4-7,16,21H,8-12H2,1-3H3,(H,22,26). The smallest absolute Gasteiger partial charge is 0.273 e. The van der Waals surface area contributed by atoms with Crippen LogP contribution in [0.25, 0.3) is 0 Å². The molecule has 2 N–H and O–H groups in total. The van der Waals surface area contributed by atoms with E-state index in [1.807, 2.05) is 25.5 Å². The summed E-state index contributed by atoms with van der Waals surface area (Å²) in [7, 11) is 0. The van der Waals surface area contributed by atoms with E-state index in [0.29, 0.717) is 18.3 Å². The minimum absolute atomic E-state index is 0.224. The van der Waals surface area contributed by atoms with Crippen molar-refractivity contribution >= 4 is 5.91 Å².